The maximum Gasteiger partial charge on any atom is 0.326 e. The number of aromatic nitrogens is 3. The molecule has 3 aromatic heterocycles. The summed E-state index contributed by atoms with van der Waals surface area (Å²) in [5.41, 5.74) is 1.47. The number of nitrogens with one attached hydrogen (secondary N) is 1. The van der Waals surface area contributed by atoms with E-state index in [2.05, 4.69) is 19.9 Å². The van der Waals surface area contributed by atoms with E-state index in [1.54, 1.807) is 25.4 Å². The van der Waals surface area contributed by atoms with Crippen molar-refractivity contribution in [3.05, 3.63) is 60.1 Å². The maximum absolute atomic E-state index is 13.4. The van der Waals surface area contributed by atoms with Crippen molar-refractivity contribution in [2.45, 2.75) is 6.92 Å². The molecule has 4 heterocycles. The number of pyridine rings is 2. The van der Waals surface area contributed by atoms with Crippen molar-refractivity contribution in [2.24, 2.45) is 10.9 Å². The van der Waals surface area contributed by atoms with Crippen LogP contribution in [0.3, 0.4) is 0 Å². The highest BCUT2D eigenvalue weighted by atomic mass is 19.1. The van der Waals surface area contributed by atoms with Crippen molar-refractivity contribution in [1.82, 2.24) is 15.0 Å². The fourth-order valence-electron chi connectivity index (χ4n) is 2.92. The number of ketones is 1. The number of carbonyl (C=O) groups excluding carboxylic acids is 2. The summed E-state index contributed by atoms with van der Waals surface area (Å²) >= 11 is 0. The maximum atomic E-state index is 13.4. The molecule has 1 atom stereocenters. The molecule has 0 amide bonds. The lowest BCUT2D eigenvalue weighted by molar-refractivity contribution is -0.147. The summed E-state index contributed by atoms with van der Waals surface area (Å²) in [7, 11) is 0. The first-order valence-electron chi connectivity index (χ1n) is 8.79. The van der Waals surface area contributed by atoms with E-state index in [0.717, 1.165) is 11.5 Å². The van der Waals surface area contributed by atoms with E-state index >= 15 is 0 Å². The molecule has 0 radical (unpaired) electrons. The summed E-state index contributed by atoms with van der Waals surface area (Å²) in [6, 6.07) is 6.10. The van der Waals surface area contributed by atoms with Crippen molar-refractivity contribution in [2.75, 3.05) is 6.61 Å². The number of rotatable bonds is 4. The molecule has 9 heteroatoms. The lowest BCUT2D eigenvalue weighted by atomic mass is 10.0. The predicted molar refractivity (Wildman–Crippen MR) is 102 cm³/mol. The van der Waals surface area contributed by atoms with Crippen molar-refractivity contribution < 1.29 is 23.5 Å². The lowest BCUT2D eigenvalue weighted by Crippen LogP contribution is -2.27. The van der Waals surface area contributed by atoms with Crippen LogP contribution in [0.4, 0.5) is 10.1 Å². The Hall–Kier alpha value is -3.88. The van der Waals surface area contributed by atoms with Gasteiger partial charge in [-0.1, -0.05) is 0 Å². The molecule has 1 unspecified atom stereocenters. The number of allylic oxidation sites excluding steroid dienone is 1. The van der Waals surface area contributed by atoms with Crippen LogP contribution in [0.5, 0.6) is 0 Å². The third-order valence-corrected chi connectivity index (χ3v) is 4.21. The smallest absolute Gasteiger partial charge is 0.326 e. The topological polar surface area (TPSA) is 107 Å². The van der Waals surface area contributed by atoms with Crippen LogP contribution in [0.2, 0.25) is 0 Å². The van der Waals surface area contributed by atoms with Gasteiger partial charge in [0.25, 0.3) is 0 Å². The number of hydrogen-bond donors (Lipinski definition) is 1. The molecule has 1 aliphatic rings. The third kappa shape index (κ3) is 3.62. The number of nitrogens with zero attached hydrogens (tertiary/aromatic N) is 3. The number of aromatic amines is 1. The number of halogens is 1. The quantitative estimate of drug-likeness (QED) is 0.316. The van der Waals surface area contributed by atoms with E-state index in [1.165, 1.54) is 18.3 Å². The van der Waals surface area contributed by atoms with Crippen LogP contribution >= 0.6 is 0 Å². The molecule has 0 spiro atoms. The van der Waals surface area contributed by atoms with Crippen LogP contribution in [-0.4, -0.2) is 39.2 Å². The molecule has 3 aromatic rings. The Bertz CT molecular complexity index is 1170. The number of H-pyrrole nitrogens is 1. The molecule has 1 saturated heterocycles. The molecule has 1 N–H and O–H groups in total. The summed E-state index contributed by atoms with van der Waals surface area (Å²) in [6.07, 6.45) is 6.04. The third-order valence-electron chi connectivity index (χ3n) is 4.21. The van der Waals surface area contributed by atoms with Gasteiger partial charge in [0.05, 0.1) is 12.3 Å². The monoisotopic (exact) mass is 394 g/mol. The lowest BCUT2D eigenvalue weighted by Gasteiger charge is -2.06. The van der Waals surface area contributed by atoms with Crippen molar-refractivity contribution >= 4 is 40.4 Å². The first-order valence-corrected chi connectivity index (χ1v) is 8.79. The Morgan fingerprint density at radius 3 is 3.03 bits per heavy atom. The molecule has 1 aliphatic heterocycles. The van der Waals surface area contributed by atoms with Gasteiger partial charge in [0.15, 0.2) is 11.7 Å². The van der Waals surface area contributed by atoms with Gasteiger partial charge in [-0.3, -0.25) is 9.59 Å². The minimum Gasteiger partial charge on any atom is -0.465 e. The Labute approximate surface area is 164 Å². The number of esters is 1. The fourth-order valence-corrected chi connectivity index (χ4v) is 2.92. The van der Waals surface area contributed by atoms with E-state index in [1.807, 2.05) is 6.07 Å². The fraction of sp³-hybridized carbons (Fsp3) is 0.150. The summed E-state index contributed by atoms with van der Waals surface area (Å²) in [5, 5.41) is 0.783. The average Bonchev–Trinajstić information content (AvgIpc) is 3.24. The van der Waals surface area contributed by atoms with Gasteiger partial charge in [0, 0.05) is 35.6 Å². The van der Waals surface area contributed by atoms with Crippen molar-refractivity contribution in [1.29, 1.82) is 0 Å². The first-order chi connectivity index (χ1) is 14.1. The molecular weight excluding hydrogens is 379 g/mol. The molecule has 0 aliphatic carbocycles. The Morgan fingerprint density at radius 2 is 2.24 bits per heavy atom. The normalized spacial score (nSPS) is 19.1. The molecule has 1 fully saturated rings. The van der Waals surface area contributed by atoms with E-state index in [9.17, 15) is 14.0 Å². The highest BCUT2D eigenvalue weighted by Crippen LogP contribution is 2.29. The molecule has 0 saturated carbocycles. The number of carbonyl (C=O) groups is 2. The SMILES string of the molecule is CCOC(=O)C1C(=O)/C(=C/c2c[nH]c3ncccc23)OC1=Nc1ccnc(F)c1. The second-order valence-electron chi connectivity index (χ2n) is 6.09. The van der Waals surface area contributed by atoms with Gasteiger partial charge in [-0.15, -0.1) is 0 Å². The van der Waals surface area contributed by atoms with Gasteiger partial charge in [0.1, 0.15) is 5.65 Å². The number of fused-ring (bicyclic) bond motifs is 1. The zero-order chi connectivity index (χ0) is 20.4. The van der Waals surface area contributed by atoms with Crippen LogP contribution in [0.1, 0.15) is 12.5 Å². The van der Waals surface area contributed by atoms with Gasteiger partial charge in [-0.25, -0.2) is 15.0 Å². The van der Waals surface area contributed by atoms with Crippen LogP contribution < -0.4 is 0 Å². The second-order valence-corrected chi connectivity index (χ2v) is 6.09. The molecule has 4 rings (SSSR count). The van der Waals surface area contributed by atoms with Gasteiger partial charge in [0.2, 0.25) is 17.6 Å². The van der Waals surface area contributed by atoms with Crippen LogP contribution in [0, 0.1) is 11.9 Å². The Morgan fingerprint density at radius 1 is 1.38 bits per heavy atom. The standard InChI is InChI=1S/C20H15FN4O4/c1-2-28-20(27)16-17(26)14(8-11-10-24-18-13(11)4-3-6-23-18)29-19(16)25-12-5-7-22-15(21)9-12/h3-10,16H,2H2,1H3,(H,23,24)/b14-8-,25-19?. The highest BCUT2D eigenvalue weighted by Gasteiger charge is 2.44. The molecule has 8 nitrogen and oxygen atoms in total. The van der Waals surface area contributed by atoms with E-state index in [4.69, 9.17) is 9.47 Å². The van der Waals surface area contributed by atoms with E-state index < -0.39 is 23.6 Å². The summed E-state index contributed by atoms with van der Waals surface area (Å²) in [5.74, 6) is -3.72. The van der Waals surface area contributed by atoms with E-state index in [-0.39, 0.29) is 24.0 Å². The van der Waals surface area contributed by atoms with Crippen LogP contribution in [0.15, 0.2) is 53.6 Å². The minimum absolute atomic E-state index is 0.0684. The van der Waals surface area contributed by atoms with Crippen molar-refractivity contribution in [3.8, 4) is 0 Å². The minimum atomic E-state index is -1.36. The van der Waals surface area contributed by atoms with Gasteiger partial charge in [-0.05, 0) is 31.2 Å². The zero-order valence-corrected chi connectivity index (χ0v) is 15.3. The molecule has 146 valence electrons. The summed E-state index contributed by atoms with van der Waals surface area (Å²) in [6.45, 7) is 1.72. The molecular formula is C20H15FN4O4. The summed E-state index contributed by atoms with van der Waals surface area (Å²) in [4.78, 5) is 40.0. The van der Waals surface area contributed by atoms with Gasteiger partial charge in [-0.2, -0.15) is 4.39 Å². The summed E-state index contributed by atoms with van der Waals surface area (Å²) < 4.78 is 24.0. The molecule has 29 heavy (non-hydrogen) atoms. The van der Waals surface area contributed by atoms with Crippen LogP contribution in [-0.2, 0) is 19.1 Å². The average molecular weight is 394 g/mol. The molecule has 0 bridgehead atoms. The van der Waals surface area contributed by atoms with Crippen molar-refractivity contribution in [3.63, 3.8) is 0 Å². The number of aliphatic imine (C=N–C) groups is 1. The second kappa shape index (κ2) is 7.63. The zero-order valence-electron chi connectivity index (χ0n) is 15.3. The first kappa shape index (κ1) is 18.5. The Kier molecular flexibility index (Phi) is 4.86. The highest BCUT2D eigenvalue weighted by molar-refractivity contribution is 6.27. The Balaban J connectivity index is 1.75. The van der Waals surface area contributed by atoms with Crippen LogP contribution in [0.25, 0.3) is 17.1 Å². The predicted octanol–water partition coefficient (Wildman–Crippen LogP) is 2.95. The number of hydrogen-bond acceptors (Lipinski definition) is 7. The number of Topliss-reactive ketones (excluding diaryl/α,β-unsaturated/α-hetero) is 1. The van der Waals surface area contributed by atoms with Gasteiger partial charge >= 0.3 is 5.97 Å². The van der Waals surface area contributed by atoms with Gasteiger partial charge < -0.3 is 14.5 Å². The number of ether oxygens (including phenoxy) is 2. The largest absolute Gasteiger partial charge is 0.465 e. The van der Waals surface area contributed by atoms with E-state index in [0.29, 0.717) is 11.2 Å². The molecule has 0 aromatic carbocycles.